The van der Waals surface area contributed by atoms with Crippen LogP contribution < -0.4 is 16.8 Å². The number of benzene rings is 1. The maximum Gasteiger partial charge on any atom is 0.251 e. The third-order valence-corrected chi connectivity index (χ3v) is 2.78. The van der Waals surface area contributed by atoms with Crippen molar-refractivity contribution in [1.29, 1.82) is 0 Å². The predicted molar refractivity (Wildman–Crippen MR) is 73.9 cm³/mol. The highest BCUT2D eigenvalue weighted by molar-refractivity contribution is 9.10. The van der Waals surface area contributed by atoms with Gasteiger partial charge in [0.1, 0.15) is 0 Å². The molecule has 1 aromatic rings. The highest BCUT2D eigenvalue weighted by atomic mass is 79.9. The lowest BCUT2D eigenvalue weighted by Crippen LogP contribution is -2.24. The van der Waals surface area contributed by atoms with Crippen LogP contribution in [0.15, 0.2) is 22.7 Å². The SMILES string of the molecule is NC(=O)CCCCNC(=O)c1cc(N)cc(Br)c1. The maximum absolute atomic E-state index is 11.8. The van der Waals surface area contributed by atoms with E-state index >= 15 is 0 Å². The lowest BCUT2D eigenvalue weighted by Gasteiger charge is -2.06. The molecule has 1 rings (SSSR count). The largest absolute Gasteiger partial charge is 0.399 e. The van der Waals surface area contributed by atoms with Crippen molar-refractivity contribution in [2.75, 3.05) is 12.3 Å². The lowest BCUT2D eigenvalue weighted by molar-refractivity contribution is -0.118. The van der Waals surface area contributed by atoms with Crippen molar-refractivity contribution in [3.05, 3.63) is 28.2 Å². The number of hydrogen-bond donors (Lipinski definition) is 3. The number of halogens is 1. The van der Waals surface area contributed by atoms with Crippen LogP contribution in [0.1, 0.15) is 29.6 Å². The van der Waals surface area contributed by atoms with Crippen LogP contribution in [0.4, 0.5) is 5.69 Å². The minimum atomic E-state index is -0.318. The molecule has 0 saturated carbocycles. The number of hydrogen-bond acceptors (Lipinski definition) is 3. The highest BCUT2D eigenvalue weighted by Crippen LogP contribution is 2.17. The minimum Gasteiger partial charge on any atom is -0.399 e. The molecule has 18 heavy (non-hydrogen) atoms. The van der Waals surface area contributed by atoms with Gasteiger partial charge in [0.05, 0.1) is 0 Å². The van der Waals surface area contributed by atoms with Gasteiger partial charge in [0.25, 0.3) is 5.91 Å². The van der Waals surface area contributed by atoms with Crippen LogP contribution in [0.2, 0.25) is 0 Å². The zero-order valence-electron chi connectivity index (χ0n) is 9.91. The number of carbonyl (C=O) groups excluding carboxylic acids is 2. The molecule has 0 bridgehead atoms. The normalized spacial score (nSPS) is 10.1. The highest BCUT2D eigenvalue weighted by Gasteiger charge is 2.06. The van der Waals surface area contributed by atoms with E-state index in [0.29, 0.717) is 30.6 Å². The first-order chi connectivity index (χ1) is 8.49. The van der Waals surface area contributed by atoms with Gasteiger partial charge in [0.15, 0.2) is 0 Å². The fourth-order valence-electron chi connectivity index (χ4n) is 1.47. The molecule has 0 fully saturated rings. The van der Waals surface area contributed by atoms with Crippen molar-refractivity contribution < 1.29 is 9.59 Å². The molecule has 0 heterocycles. The second-order valence-corrected chi connectivity index (χ2v) is 4.87. The number of carbonyl (C=O) groups is 2. The molecule has 0 atom stereocenters. The van der Waals surface area contributed by atoms with E-state index in [0.717, 1.165) is 10.9 Å². The minimum absolute atomic E-state index is 0.179. The van der Waals surface area contributed by atoms with Crippen LogP contribution >= 0.6 is 15.9 Å². The number of nitrogen functional groups attached to an aromatic ring is 1. The molecule has 5 N–H and O–H groups in total. The molecule has 98 valence electrons. The van der Waals surface area contributed by atoms with Crippen molar-refractivity contribution in [1.82, 2.24) is 5.32 Å². The number of unbranched alkanes of at least 4 members (excludes halogenated alkanes) is 1. The molecule has 0 aliphatic carbocycles. The smallest absolute Gasteiger partial charge is 0.251 e. The van der Waals surface area contributed by atoms with Gasteiger partial charge in [-0.1, -0.05) is 15.9 Å². The van der Waals surface area contributed by atoms with Crippen LogP contribution in [-0.2, 0) is 4.79 Å². The van der Waals surface area contributed by atoms with Crippen LogP contribution in [-0.4, -0.2) is 18.4 Å². The molecule has 0 saturated heterocycles. The van der Waals surface area contributed by atoms with Crippen molar-refractivity contribution in [2.24, 2.45) is 5.73 Å². The van der Waals surface area contributed by atoms with Crippen LogP contribution in [0.5, 0.6) is 0 Å². The van der Waals surface area contributed by atoms with Gasteiger partial charge in [-0.3, -0.25) is 9.59 Å². The Labute approximate surface area is 114 Å². The van der Waals surface area contributed by atoms with Crippen molar-refractivity contribution >= 4 is 33.4 Å². The number of anilines is 1. The molecule has 0 radical (unpaired) electrons. The first kappa shape index (κ1) is 14.5. The van der Waals surface area contributed by atoms with E-state index in [4.69, 9.17) is 11.5 Å². The molecular weight excluding hydrogens is 298 g/mol. The molecule has 0 spiro atoms. The summed E-state index contributed by atoms with van der Waals surface area (Å²) in [6.45, 7) is 0.512. The fraction of sp³-hybridized carbons (Fsp3) is 0.333. The topological polar surface area (TPSA) is 98.2 Å². The number of rotatable bonds is 6. The second-order valence-electron chi connectivity index (χ2n) is 3.95. The second kappa shape index (κ2) is 7.00. The van der Waals surface area contributed by atoms with Gasteiger partial charge in [0, 0.05) is 28.7 Å². The van der Waals surface area contributed by atoms with E-state index in [1.54, 1.807) is 18.2 Å². The lowest BCUT2D eigenvalue weighted by atomic mass is 10.2. The van der Waals surface area contributed by atoms with Crippen LogP contribution in [0.25, 0.3) is 0 Å². The Kier molecular flexibility index (Phi) is 5.64. The van der Waals surface area contributed by atoms with Crippen molar-refractivity contribution in [3.63, 3.8) is 0 Å². The van der Waals surface area contributed by atoms with E-state index in [1.165, 1.54) is 0 Å². The summed E-state index contributed by atoms with van der Waals surface area (Å²) in [6, 6.07) is 5.04. The van der Waals surface area contributed by atoms with Gasteiger partial charge in [-0.25, -0.2) is 0 Å². The van der Waals surface area contributed by atoms with E-state index < -0.39 is 0 Å². The Bertz CT molecular complexity index is 429. The fourth-order valence-corrected chi connectivity index (χ4v) is 1.98. The third-order valence-electron chi connectivity index (χ3n) is 2.32. The monoisotopic (exact) mass is 313 g/mol. The molecule has 0 unspecified atom stereocenters. The van der Waals surface area contributed by atoms with Gasteiger partial charge in [-0.15, -0.1) is 0 Å². The zero-order valence-corrected chi connectivity index (χ0v) is 11.5. The van der Waals surface area contributed by atoms with Crippen molar-refractivity contribution in [3.8, 4) is 0 Å². The summed E-state index contributed by atoms with van der Waals surface area (Å²) in [5.74, 6) is -0.497. The van der Waals surface area contributed by atoms with Crippen LogP contribution in [0.3, 0.4) is 0 Å². The Hall–Kier alpha value is -1.56. The Morgan fingerprint density at radius 2 is 1.94 bits per heavy atom. The molecule has 0 aromatic heterocycles. The third kappa shape index (κ3) is 5.18. The standard InChI is InChI=1S/C12H16BrN3O2/c13-9-5-8(6-10(14)7-9)12(18)16-4-2-1-3-11(15)17/h5-7H,1-4,14H2,(H2,15,17)(H,16,18). The number of nitrogens with two attached hydrogens (primary N) is 2. The molecule has 5 nitrogen and oxygen atoms in total. The van der Waals surface area contributed by atoms with Gasteiger partial charge in [-0.05, 0) is 31.0 Å². The first-order valence-electron chi connectivity index (χ1n) is 5.61. The van der Waals surface area contributed by atoms with Gasteiger partial charge < -0.3 is 16.8 Å². The molecular formula is C12H16BrN3O2. The summed E-state index contributed by atoms with van der Waals surface area (Å²) in [6.07, 6.45) is 1.74. The quantitative estimate of drug-likeness (QED) is 0.547. The first-order valence-corrected chi connectivity index (χ1v) is 6.41. The molecule has 1 aromatic carbocycles. The Morgan fingerprint density at radius 1 is 1.22 bits per heavy atom. The van der Waals surface area contributed by atoms with Gasteiger partial charge in [-0.2, -0.15) is 0 Å². The molecule has 2 amide bonds. The van der Waals surface area contributed by atoms with Crippen LogP contribution in [0, 0.1) is 0 Å². The van der Waals surface area contributed by atoms with E-state index in [2.05, 4.69) is 21.2 Å². The molecule has 6 heteroatoms. The molecule has 0 aliphatic rings. The summed E-state index contributed by atoms with van der Waals surface area (Å²) in [7, 11) is 0. The Morgan fingerprint density at radius 3 is 2.56 bits per heavy atom. The van der Waals surface area contributed by atoms with Gasteiger partial charge in [0.2, 0.25) is 5.91 Å². The Balaban J connectivity index is 2.38. The number of nitrogens with one attached hydrogen (secondary N) is 1. The molecule has 0 aliphatic heterocycles. The summed E-state index contributed by atoms with van der Waals surface area (Å²) in [4.78, 5) is 22.3. The summed E-state index contributed by atoms with van der Waals surface area (Å²) in [5.41, 5.74) is 11.7. The average molecular weight is 314 g/mol. The number of primary amides is 1. The van der Waals surface area contributed by atoms with Gasteiger partial charge >= 0.3 is 0 Å². The predicted octanol–water partition coefficient (Wildman–Crippen LogP) is 1.42. The van der Waals surface area contributed by atoms with E-state index in [9.17, 15) is 9.59 Å². The number of amides is 2. The van der Waals surface area contributed by atoms with E-state index in [-0.39, 0.29) is 11.8 Å². The zero-order chi connectivity index (χ0) is 13.5. The summed E-state index contributed by atoms with van der Waals surface area (Å²) in [5, 5.41) is 2.76. The maximum atomic E-state index is 11.8. The van der Waals surface area contributed by atoms with Crippen molar-refractivity contribution in [2.45, 2.75) is 19.3 Å². The van der Waals surface area contributed by atoms with E-state index in [1.807, 2.05) is 0 Å². The summed E-state index contributed by atoms with van der Waals surface area (Å²) < 4.78 is 0.765. The summed E-state index contributed by atoms with van der Waals surface area (Å²) >= 11 is 3.28. The average Bonchev–Trinajstić information content (AvgIpc) is 2.26.